The molecule has 1 aliphatic rings. The molecule has 2 aromatic heterocycles. The highest BCUT2D eigenvalue weighted by Crippen LogP contribution is 2.27. The Kier molecular flexibility index (Phi) is 4.71. The van der Waals surface area contributed by atoms with Crippen molar-refractivity contribution in [2.75, 3.05) is 19.6 Å². The Balaban J connectivity index is 1.39. The quantitative estimate of drug-likeness (QED) is 0.764. The van der Waals surface area contributed by atoms with Crippen LogP contribution in [0.3, 0.4) is 0 Å². The van der Waals surface area contributed by atoms with Gasteiger partial charge in [-0.3, -0.25) is 9.59 Å². The van der Waals surface area contributed by atoms with Crippen molar-refractivity contribution in [3.63, 3.8) is 0 Å². The largest absolute Gasteiger partial charge is 0.472 e. The molecule has 4 rings (SSSR count). The lowest BCUT2D eigenvalue weighted by atomic mass is 9.97. The highest BCUT2D eigenvalue weighted by atomic mass is 16.3. The van der Waals surface area contributed by atoms with E-state index in [4.69, 9.17) is 8.83 Å². The number of nitrogens with zero attached hydrogens (tertiary/aromatic N) is 1. The molecule has 2 amide bonds. The van der Waals surface area contributed by atoms with Crippen molar-refractivity contribution in [2.45, 2.75) is 19.8 Å². The van der Waals surface area contributed by atoms with Gasteiger partial charge in [0.05, 0.1) is 12.5 Å². The maximum atomic E-state index is 12.5. The zero-order chi connectivity index (χ0) is 18.8. The van der Waals surface area contributed by atoms with Gasteiger partial charge in [0.15, 0.2) is 5.76 Å². The molecule has 0 radical (unpaired) electrons. The number of nitrogens with one attached hydrogen (secondary N) is 1. The van der Waals surface area contributed by atoms with E-state index in [1.54, 1.807) is 25.5 Å². The van der Waals surface area contributed by atoms with E-state index in [2.05, 4.69) is 5.32 Å². The van der Waals surface area contributed by atoms with Crippen molar-refractivity contribution in [3.8, 4) is 11.1 Å². The lowest BCUT2D eigenvalue weighted by Crippen LogP contribution is -2.40. The maximum absolute atomic E-state index is 12.5. The summed E-state index contributed by atoms with van der Waals surface area (Å²) in [5.74, 6) is 0.622. The van der Waals surface area contributed by atoms with E-state index in [9.17, 15) is 9.59 Å². The predicted octanol–water partition coefficient (Wildman–Crippen LogP) is 3.68. The molecule has 0 atom stereocenters. The van der Waals surface area contributed by atoms with E-state index in [1.165, 1.54) is 0 Å². The van der Waals surface area contributed by atoms with Gasteiger partial charge in [-0.15, -0.1) is 0 Å². The molecule has 1 aromatic carbocycles. The minimum absolute atomic E-state index is 0.120. The molecule has 0 saturated carbocycles. The van der Waals surface area contributed by atoms with Gasteiger partial charge < -0.3 is 19.1 Å². The summed E-state index contributed by atoms with van der Waals surface area (Å²) < 4.78 is 10.9. The van der Waals surface area contributed by atoms with Gasteiger partial charge in [-0.2, -0.15) is 0 Å². The summed E-state index contributed by atoms with van der Waals surface area (Å²) in [5, 5.41) is 3.86. The van der Waals surface area contributed by atoms with Crippen LogP contribution in [0.5, 0.6) is 0 Å². The monoisotopic (exact) mass is 366 g/mol. The summed E-state index contributed by atoms with van der Waals surface area (Å²) in [7, 11) is 0. The molecule has 1 saturated heterocycles. The van der Waals surface area contributed by atoms with Crippen LogP contribution in [0.4, 0.5) is 0 Å². The van der Waals surface area contributed by atoms with Crippen LogP contribution in [-0.2, 0) is 4.79 Å². The average Bonchev–Trinajstić information content (AvgIpc) is 3.35. The second kappa shape index (κ2) is 7.31. The summed E-state index contributed by atoms with van der Waals surface area (Å²) in [6, 6.07) is 9.48. The normalized spacial score (nSPS) is 15.2. The zero-order valence-electron chi connectivity index (χ0n) is 15.2. The molecule has 6 nitrogen and oxygen atoms in total. The molecule has 1 N–H and O–H groups in total. The van der Waals surface area contributed by atoms with E-state index in [0.29, 0.717) is 23.8 Å². The third-order valence-electron chi connectivity index (χ3n) is 5.21. The lowest BCUT2D eigenvalue weighted by Gasteiger charge is -2.31. The van der Waals surface area contributed by atoms with Gasteiger partial charge in [0.25, 0.3) is 5.91 Å². The third-order valence-corrected chi connectivity index (χ3v) is 5.21. The predicted molar refractivity (Wildman–Crippen MR) is 101 cm³/mol. The first-order valence-electron chi connectivity index (χ1n) is 9.20. The van der Waals surface area contributed by atoms with Crippen molar-refractivity contribution in [1.82, 2.24) is 10.2 Å². The first-order valence-corrected chi connectivity index (χ1v) is 9.20. The van der Waals surface area contributed by atoms with Crippen LogP contribution in [-0.4, -0.2) is 36.3 Å². The number of likely N-dealkylation sites (tertiary alicyclic amines) is 1. The van der Waals surface area contributed by atoms with Crippen LogP contribution >= 0.6 is 0 Å². The highest BCUT2D eigenvalue weighted by Gasteiger charge is 2.22. The molecule has 3 aromatic rings. The Hall–Kier alpha value is -3.02. The van der Waals surface area contributed by atoms with Gasteiger partial charge in [-0.1, -0.05) is 12.1 Å². The zero-order valence-corrected chi connectivity index (χ0v) is 15.2. The SMILES string of the molecule is CC(=O)N1CCC(CNC(=O)c2cc3ccc(-c4ccoc4)cc3o2)CC1. The second-order valence-corrected chi connectivity index (χ2v) is 7.03. The molecule has 3 heterocycles. The van der Waals surface area contributed by atoms with Crippen molar-refractivity contribution >= 4 is 22.8 Å². The molecule has 140 valence electrons. The van der Waals surface area contributed by atoms with Crippen LogP contribution in [0.25, 0.3) is 22.1 Å². The van der Waals surface area contributed by atoms with Crippen LogP contribution in [0, 0.1) is 5.92 Å². The van der Waals surface area contributed by atoms with Gasteiger partial charge >= 0.3 is 0 Å². The van der Waals surface area contributed by atoms with Gasteiger partial charge in [-0.25, -0.2) is 0 Å². The number of furan rings is 2. The fourth-order valence-electron chi connectivity index (χ4n) is 3.53. The van der Waals surface area contributed by atoms with Crippen LogP contribution < -0.4 is 5.32 Å². The molecule has 1 fully saturated rings. The van der Waals surface area contributed by atoms with E-state index in [-0.39, 0.29) is 11.8 Å². The van der Waals surface area contributed by atoms with E-state index in [0.717, 1.165) is 42.4 Å². The minimum Gasteiger partial charge on any atom is -0.472 e. The Bertz CT molecular complexity index is 950. The van der Waals surface area contributed by atoms with Gasteiger partial charge in [0.2, 0.25) is 5.91 Å². The molecular formula is C21H22N2O4. The molecular weight excluding hydrogens is 344 g/mol. The van der Waals surface area contributed by atoms with Gasteiger partial charge in [0.1, 0.15) is 5.58 Å². The number of amides is 2. The number of benzene rings is 1. The number of hydrogen-bond acceptors (Lipinski definition) is 4. The Morgan fingerprint density at radius 2 is 1.96 bits per heavy atom. The van der Waals surface area contributed by atoms with Crippen molar-refractivity contribution in [1.29, 1.82) is 0 Å². The first-order chi connectivity index (χ1) is 13.1. The topological polar surface area (TPSA) is 75.7 Å². The van der Waals surface area contributed by atoms with Crippen LogP contribution in [0.15, 0.2) is 51.7 Å². The number of piperidine rings is 1. The molecule has 0 bridgehead atoms. The Labute approximate surface area is 157 Å². The summed E-state index contributed by atoms with van der Waals surface area (Å²) in [5.41, 5.74) is 2.62. The molecule has 0 aliphatic carbocycles. The minimum atomic E-state index is -0.204. The number of fused-ring (bicyclic) bond motifs is 1. The molecule has 0 unspecified atom stereocenters. The smallest absolute Gasteiger partial charge is 0.287 e. The van der Waals surface area contributed by atoms with Gasteiger partial charge in [0, 0.05) is 37.5 Å². The number of carbonyl (C=O) groups is 2. The number of hydrogen-bond donors (Lipinski definition) is 1. The summed E-state index contributed by atoms with van der Waals surface area (Å²) in [6.07, 6.45) is 5.12. The summed E-state index contributed by atoms with van der Waals surface area (Å²) in [6.45, 7) is 3.72. The van der Waals surface area contributed by atoms with Crippen LogP contribution in [0.2, 0.25) is 0 Å². The first kappa shape index (κ1) is 17.4. The fourth-order valence-corrected chi connectivity index (χ4v) is 3.53. The number of carbonyl (C=O) groups excluding carboxylic acids is 2. The van der Waals surface area contributed by atoms with E-state index < -0.39 is 0 Å². The second-order valence-electron chi connectivity index (χ2n) is 7.03. The standard InChI is InChI=1S/C21H22N2O4/c1-14(24)23-7-4-15(5-8-23)12-22-21(25)20-11-17-3-2-16(10-19(17)27-20)18-6-9-26-13-18/h2-3,6,9-11,13,15H,4-5,7-8,12H2,1H3,(H,22,25). The van der Waals surface area contributed by atoms with Crippen molar-refractivity contribution in [2.24, 2.45) is 5.92 Å². The Morgan fingerprint density at radius 1 is 1.15 bits per heavy atom. The van der Waals surface area contributed by atoms with Crippen molar-refractivity contribution < 1.29 is 18.4 Å². The van der Waals surface area contributed by atoms with Crippen LogP contribution in [0.1, 0.15) is 30.3 Å². The lowest BCUT2D eigenvalue weighted by molar-refractivity contribution is -0.130. The van der Waals surface area contributed by atoms with E-state index >= 15 is 0 Å². The molecule has 0 spiro atoms. The highest BCUT2D eigenvalue weighted by molar-refractivity contribution is 5.96. The van der Waals surface area contributed by atoms with Gasteiger partial charge in [-0.05, 0) is 42.5 Å². The molecule has 1 aliphatic heterocycles. The maximum Gasteiger partial charge on any atom is 0.287 e. The number of rotatable bonds is 4. The summed E-state index contributed by atoms with van der Waals surface area (Å²) in [4.78, 5) is 25.7. The summed E-state index contributed by atoms with van der Waals surface area (Å²) >= 11 is 0. The molecule has 27 heavy (non-hydrogen) atoms. The fraction of sp³-hybridized carbons (Fsp3) is 0.333. The third kappa shape index (κ3) is 3.74. The van der Waals surface area contributed by atoms with E-state index in [1.807, 2.05) is 29.2 Å². The average molecular weight is 366 g/mol. The van der Waals surface area contributed by atoms with Crippen molar-refractivity contribution in [3.05, 3.63) is 48.6 Å². The molecule has 6 heteroatoms. The Morgan fingerprint density at radius 3 is 2.67 bits per heavy atom.